The number of benzene rings is 2. The quantitative estimate of drug-likeness (QED) is 0.736. The normalized spacial score (nSPS) is 10.6. The first kappa shape index (κ1) is 16.0. The highest BCUT2D eigenvalue weighted by Crippen LogP contribution is 2.13. The van der Waals surface area contributed by atoms with E-state index in [1.807, 2.05) is 49.5 Å². The Kier molecular flexibility index (Phi) is 6.73. The summed E-state index contributed by atoms with van der Waals surface area (Å²) in [6.45, 7) is 2.58. The van der Waals surface area contributed by atoms with Gasteiger partial charge in [0.1, 0.15) is 12.4 Å². The Morgan fingerprint density at radius 1 is 1.00 bits per heavy atom. The summed E-state index contributed by atoms with van der Waals surface area (Å²) >= 11 is 3.42. The van der Waals surface area contributed by atoms with Gasteiger partial charge in [-0.1, -0.05) is 40.2 Å². The van der Waals surface area contributed by atoms with Crippen LogP contribution in [0.4, 0.5) is 0 Å². The molecule has 4 heteroatoms. The van der Waals surface area contributed by atoms with Gasteiger partial charge in [-0.2, -0.15) is 0 Å². The molecule has 0 fully saturated rings. The zero-order chi connectivity index (χ0) is 14.9. The van der Waals surface area contributed by atoms with Gasteiger partial charge in [0.05, 0.1) is 13.2 Å². The lowest BCUT2D eigenvalue weighted by molar-refractivity contribution is 0.0889. The molecule has 0 radical (unpaired) electrons. The van der Waals surface area contributed by atoms with E-state index in [1.54, 1.807) is 0 Å². The summed E-state index contributed by atoms with van der Waals surface area (Å²) in [6, 6.07) is 16.2. The highest BCUT2D eigenvalue weighted by Gasteiger charge is 1.97. The maximum Gasteiger partial charge on any atom is 0.119 e. The molecule has 2 aromatic carbocycles. The molecular formula is C17H20BrNO2. The number of rotatable bonds is 8. The third-order valence-corrected chi connectivity index (χ3v) is 3.49. The van der Waals surface area contributed by atoms with E-state index >= 15 is 0 Å². The van der Waals surface area contributed by atoms with Crippen molar-refractivity contribution >= 4 is 15.9 Å². The zero-order valence-corrected chi connectivity index (χ0v) is 13.7. The minimum Gasteiger partial charge on any atom is -0.491 e. The Bertz CT molecular complexity index is 543. The van der Waals surface area contributed by atoms with Crippen LogP contribution >= 0.6 is 15.9 Å². The second-order valence-electron chi connectivity index (χ2n) is 4.71. The third-order valence-electron chi connectivity index (χ3n) is 2.96. The Morgan fingerprint density at radius 3 is 2.57 bits per heavy atom. The molecule has 0 aliphatic carbocycles. The van der Waals surface area contributed by atoms with E-state index < -0.39 is 0 Å². The molecule has 0 unspecified atom stereocenters. The van der Waals surface area contributed by atoms with Crippen molar-refractivity contribution < 1.29 is 9.47 Å². The van der Waals surface area contributed by atoms with Crippen LogP contribution in [0.5, 0.6) is 5.75 Å². The van der Waals surface area contributed by atoms with E-state index in [1.165, 1.54) is 5.56 Å². The Morgan fingerprint density at radius 2 is 1.81 bits per heavy atom. The number of ether oxygens (including phenoxy) is 2. The molecule has 0 bridgehead atoms. The highest BCUT2D eigenvalue weighted by atomic mass is 79.9. The highest BCUT2D eigenvalue weighted by molar-refractivity contribution is 9.10. The van der Waals surface area contributed by atoms with Gasteiger partial charge in [-0.15, -0.1) is 0 Å². The van der Waals surface area contributed by atoms with E-state index in [4.69, 9.17) is 9.47 Å². The summed E-state index contributed by atoms with van der Waals surface area (Å²) in [7, 11) is 1.93. The molecule has 1 N–H and O–H groups in total. The summed E-state index contributed by atoms with van der Waals surface area (Å²) in [4.78, 5) is 0. The number of hydrogen-bond donors (Lipinski definition) is 1. The summed E-state index contributed by atoms with van der Waals surface area (Å²) in [6.07, 6.45) is 0. The van der Waals surface area contributed by atoms with Crippen LogP contribution in [0.25, 0.3) is 0 Å². The summed E-state index contributed by atoms with van der Waals surface area (Å²) < 4.78 is 12.4. The Labute approximate surface area is 134 Å². The predicted octanol–water partition coefficient (Wildman–Crippen LogP) is 3.76. The maximum atomic E-state index is 5.69. The molecule has 0 saturated heterocycles. The van der Waals surface area contributed by atoms with Gasteiger partial charge < -0.3 is 14.8 Å². The molecule has 0 aliphatic heterocycles. The minimum atomic E-state index is 0.555. The van der Waals surface area contributed by atoms with Crippen molar-refractivity contribution in [1.82, 2.24) is 5.32 Å². The lowest BCUT2D eigenvalue weighted by Crippen LogP contribution is -2.08. The molecular weight excluding hydrogens is 330 g/mol. The van der Waals surface area contributed by atoms with E-state index in [9.17, 15) is 0 Å². The van der Waals surface area contributed by atoms with Crippen molar-refractivity contribution in [1.29, 1.82) is 0 Å². The van der Waals surface area contributed by atoms with Gasteiger partial charge in [-0.25, -0.2) is 0 Å². The van der Waals surface area contributed by atoms with Crippen LogP contribution in [0, 0.1) is 0 Å². The van der Waals surface area contributed by atoms with Crippen LogP contribution in [0.2, 0.25) is 0 Å². The van der Waals surface area contributed by atoms with Gasteiger partial charge >= 0.3 is 0 Å². The van der Waals surface area contributed by atoms with Gasteiger partial charge in [-0.3, -0.25) is 0 Å². The first-order valence-electron chi connectivity index (χ1n) is 6.96. The standard InChI is InChI=1S/C17H20BrNO2/c1-19-12-15-3-2-4-17(11-15)21-10-9-20-13-14-5-7-16(18)8-6-14/h2-8,11,19H,9-10,12-13H2,1H3. The molecule has 0 saturated carbocycles. The fourth-order valence-electron chi connectivity index (χ4n) is 1.94. The van der Waals surface area contributed by atoms with Gasteiger partial charge in [0.15, 0.2) is 0 Å². The SMILES string of the molecule is CNCc1cccc(OCCOCc2ccc(Br)cc2)c1. The van der Waals surface area contributed by atoms with Crippen LogP contribution in [-0.2, 0) is 17.9 Å². The fourth-order valence-corrected chi connectivity index (χ4v) is 2.20. The fraction of sp³-hybridized carbons (Fsp3) is 0.294. The van der Waals surface area contributed by atoms with E-state index in [0.717, 1.165) is 22.3 Å². The second-order valence-corrected chi connectivity index (χ2v) is 5.62. The molecule has 2 aromatic rings. The van der Waals surface area contributed by atoms with Gasteiger partial charge in [0.25, 0.3) is 0 Å². The number of nitrogens with one attached hydrogen (secondary N) is 1. The van der Waals surface area contributed by atoms with Crippen molar-refractivity contribution in [2.24, 2.45) is 0 Å². The molecule has 3 nitrogen and oxygen atoms in total. The second kappa shape index (κ2) is 8.82. The van der Waals surface area contributed by atoms with Gasteiger partial charge in [0, 0.05) is 11.0 Å². The summed E-state index contributed by atoms with van der Waals surface area (Å²) in [5.41, 5.74) is 2.37. The molecule has 0 amide bonds. The van der Waals surface area contributed by atoms with E-state index in [0.29, 0.717) is 19.8 Å². The van der Waals surface area contributed by atoms with Crippen LogP contribution < -0.4 is 10.1 Å². The predicted molar refractivity (Wildman–Crippen MR) is 88.5 cm³/mol. The first-order chi connectivity index (χ1) is 10.3. The first-order valence-corrected chi connectivity index (χ1v) is 7.76. The van der Waals surface area contributed by atoms with E-state index in [-0.39, 0.29) is 0 Å². The third kappa shape index (κ3) is 5.87. The molecule has 0 spiro atoms. The maximum absolute atomic E-state index is 5.69. The molecule has 112 valence electrons. The molecule has 0 atom stereocenters. The van der Waals surface area contributed by atoms with E-state index in [2.05, 4.69) is 27.3 Å². The smallest absolute Gasteiger partial charge is 0.119 e. The van der Waals surface area contributed by atoms with Crippen LogP contribution in [0.3, 0.4) is 0 Å². The summed E-state index contributed by atoms with van der Waals surface area (Å²) in [5.74, 6) is 0.884. The van der Waals surface area contributed by atoms with Crippen molar-refractivity contribution in [2.45, 2.75) is 13.2 Å². The topological polar surface area (TPSA) is 30.5 Å². The number of hydrogen-bond acceptors (Lipinski definition) is 3. The van der Waals surface area contributed by atoms with Crippen LogP contribution in [-0.4, -0.2) is 20.3 Å². The van der Waals surface area contributed by atoms with Crippen LogP contribution in [0.15, 0.2) is 53.0 Å². The average Bonchev–Trinajstić information content (AvgIpc) is 2.50. The van der Waals surface area contributed by atoms with Crippen molar-refractivity contribution in [3.05, 3.63) is 64.1 Å². The molecule has 21 heavy (non-hydrogen) atoms. The molecule has 0 heterocycles. The molecule has 2 rings (SSSR count). The Hall–Kier alpha value is -1.36. The zero-order valence-electron chi connectivity index (χ0n) is 12.1. The Balaban J connectivity index is 1.67. The molecule has 0 aliphatic rings. The van der Waals surface area contributed by atoms with Gasteiger partial charge in [-0.05, 0) is 42.4 Å². The molecule has 0 aromatic heterocycles. The monoisotopic (exact) mass is 349 g/mol. The minimum absolute atomic E-state index is 0.555. The average molecular weight is 350 g/mol. The van der Waals surface area contributed by atoms with Crippen molar-refractivity contribution in [3.63, 3.8) is 0 Å². The lowest BCUT2D eigenvalue weighted by atomic mass is 10.2. The van der Waals surface area contributed by atoms with Crippen molar-refractivity contribution in [2.75, 3.05) is 20.3 Å². The summed E-state index contributed by atoms with van der Waals surface area (Å²) in [5, 5.41) is 3.13. The van der Waals surface area contributed by atoms with Gasteiger partial charge in [0.2, 0.25) is 0 Å². The number of halogens is 1. The largest absolute Gasteiger partial charge is 0.491 e. The van der Waals surface area contributed by atoms with Crippen LogP contribution in [0.1, 0.15) is 11.1 Å². The van der Waals surface area contributed by atoms with Crippen molar-refractivity contribution in [3.8, 4) is 5.75 Å². The lowest BCUT2D eigenvalue weighted by Gasteiger charge is -2.09.